The number of halogens is 2. The molecule has 0 aliphatic rings. The number of hydrogen-bond donors (Lipinski definition) is 2. The minimum atomic E-state index is -0.754. The van der Waals surface area contributed by atoms with Gasteiger partial charge < -0.3 is 24.8 Å². The van der Waals surface area contributed by atoms with Crippen molar-refractivity contribution < 1.29 is 28.6 Å². The molecule has 0 unspecified atom stereocenters. The number of rotatable bonds is 10. The number of carbonyl (C=O) groups is 3. The van der Waals surface area contributed by atoms with Crippen LogP contribution in [0, 0.1) is 0 Å². The van der Waals surface area contributed by atoms with Gasteiger partial charge in [0.15, 0.2) is 6.61 Å². The summed E-state index contributed by atoms with van der Waals surface area (Å²) in [6, 6.07) is 12.6. The summed E-state index contributed by atoms with van der Waals surface area (Å²) in [6.45, 7) is -0.528. The van der Waals surface area contributed by atoms with Gasteiger partial charge in [0.05, 0.1) is 35.6 Å². The zero-order chi connectivity index (χ0) is 26.1. The lowest BCUT2D eigenvalue weighted by atomic mass is 10.3. The molecule has 0 aliphatic heterocycles. The Labute approximate surface area is 221 Å². The predicted octanol–water partition coefficient (Wildman–Crippen LogP) is 4.93. The number of ether oxygens (including phenoxy) is 3. The summed E-state index contributed by atoms with van der Waals surface area (Å²) in [7, 11) is 2.97. The van der Waals surface area contributed by atoms with Crippen molar-refractivity contribution in [3.63, 3.8) is 0 Å². The van der Waals surface area contributed by atoms with Crippen LogP contribution in [0.5, 0.6) is 11.5 Å². The van der Waals surface area contributed by atoms with Gasteiger partial charge in [0.25, 0.3) is 5.91 Å². The number of benzene rings is 2. The Kier molecular flexibility index (Phi) is 9.80. The van der Waals surface area contributed by atoms with E-state index in [9.17, 15) is 14.4 Å². The number of methoxy groups -OCH3 is 2. The van der Waals surface area contributed by atoms with Crippen molar-refractivity contribution in [2.45, 2.75) is 5.03 Å². The molecule has 3 rings (SSSR count). The van der Waals surface area contributed by atoms with E-state index in [1.807, 2.05) is 0 Å². The van der Waals surface area contributed by atoms with Crippen LogP contribution in [-0.2, 0) is 14.3 Å². The fourth-order valence-corrected chi connectivity index (χ4v) is 4.18. The standard InChI is InChI=1S/C24H21Cl2N3O6S/c1-33-19-7-5-14(10-17(19)25)28-21(30)12-35-24(32)16-4-3-9-27-23(16)36-13-22(31)29-15-6-8-20(34-2)18(26)11-15/h3-11H,12-13H2,1-2H3,(H,28,30)(H,29,31). The van der Waals surface area contributed by atoms with Crippen LogP contribution >= 0.6 is 35.0 Å². The fourth-order valence-electron chi connectivity index (χ4n) is 2.89. The Morgan fingerprint density at radius 2 is 1.47 bits per heavy atom. The van der Waals surface area contributed by atoms with Crippen molar-refractivity contribution >= 4 is 64.1 Å². The maximum atomic E-state index is 12.6. The molecule has 36 heavy (non-hydrogen) atoms. The van der Waals surface area contributed by atoms with Gasteiger partial charge in [-0.2, -0.15) is 0 Å². The molecular formula is C24H21Cl2N3O6S. The average Bonchev–Trinajstić information content (AvgIpc) is 2.86. The van der Waals surface area contributed by atoms with Crippen LogP contribution in [0.1, 0.15) is 10.4 Å². The number of thioether (sulfide) groups is 1. The van der Waals surface area contributed by atoms with Crippen LogP contribution in [-0.4, -0.2) is 49.3 Å². The quantitative estimate of drug-likeness (QED) is 0.270. The van der Waals surface area contributed by atoms with Gasteiger partial charge in [-0.1, -0.05) is 35.0 Å². The Morgan fingerprint density at radius 1 is 0.889 bits per heavy atom. The van der Waals surface area contributed by atoms with E-state index in [1.165, 1.54) is 32.5 Å². The second-order valence-electron chi connectivity index (χ2n) is 7.02. The van der Waals surface area contributed by atoms with Crippen LogP contribution in [0.15, 0.2) is 59.8 Å². The van der Waals surface area contributed by atoms with Crippen molar-refractivity contribution in [3.8, 4) is 11.5 Å². The zero-order valence-corrected chi connectivity index (χ0v) is 21.5. The molecule has 188 valence electrons. The Morgan fingerprint density at radius 3 is 2.03 bits per heavy atom. The molecule has 2 aromatic carbocycles. The van der Waals surface area contributed by atoms with E-state index in [1.54, 1.807) is 36.4 Å². The van der Waals surface area contributed by atoms with E-state index in [-0.39, 0.29) is 22.2 Å². The van der Waals surface area contributed by atoms with Crippen molar-refractivity contribution in [2.75, 3.05) is 37.2 Å². The van der Waals surface area contributed by atoms with Crippen molar-refractivity contribution in [1.29, 1.82) is 0 Å². The van der Waals surface area contributed by atoms with Crippen LogP contribution in [0.25, 0.3) is 0 Å². The number of carbonyl (C=O) groups excluding carboxylic acids is 3. The van der Waals surface area contributed by atoms with Gasteiger partial charge in [0, 0.05) is 17.6 Å². The molecule has 0 atom stereocenters. The third kappa shape index (κ3) is 7.51. The summed E-state index contributed by atoms with van der Waals surface area (Å²) < 4.78 is 15.3. The lowest BCUT2D eigenvalue weighted by molar-refractivity contribution is -0.119. The van der Waals surface area contributed by atoms with E-state index in [2.05, 4.69) is 15.6 Å². The highest BCUT2D eigenvalue weighted by Crippen LogP contribution is 2.28. The average molecular weight is 550 g/mol. The third-order valence-corrected chi connectivity index (χ3v) is 6.13. The molecule has 1 aromatic heterocycles. The second kappa shape index (κ2) is 13.0. The van der Waals surface area contributed by atoms with Gasteiger partial charge >= 0.3 is 5.97 Å². The van der Waals surface area contributed by atoms with Gasteiger partial charge in [-0.15, -0.1) is 0 Å². The van der Waals surface area contributed by atoms with Gasteiger partial charge in [0.2, 0.25) is 5.91 Å². The molecule has 9 nitrogen and oxygen atoms in total. The summed E-state index contributed by atoms with van der Waals surface area (Å²) in [5.41, 5.74) is 1.04. The molecule has 1 heterocycles. The van der Waals surface area contributed by atoms with E-state index >= 15 is 0 Å². The highest BCUT2D eigenvalue weighted by molar-refractivity contribution is 8.00. The van der Waals surface area contributed by atoms with Gasteiger partial charge in [0.1, 0.15) is 16.5 Å². The smallest absolute Gasteiger partial charge is 0.341 e. The highest BCUT2D eigenvalue weighted by atomic mass is 35.5. The number of anilines is 2. The summed E-state index contributed by atoms with van der Waals surface area (Å²) in [5.74, 6) is -0.717. The number of hydrogen-bond acceptors (Lipinski definition) is 8. The molecule has 0 saturated carbocycles. The number of nitrogens with zero attached hydrogens (tertiary/aromatic N) is 1. The molecule has 3 aromatic rings. The maximum absolute atomic E-state index is 12.6. The molecule has 2 amide bonds. The Balaban J connectivity index is 1.54. The number of nitrogens with one attached hydrogen (secondary N) is 2. The Bertz CT molecular complexity index is 1270. The molecule has 0 spiro atoms. The van der Waals surface area contributed by atoms with Gasteiger partial charge in [-0.3, -0.25) is 9.59 Å². The van der Waals surface area contributed by atoms with Crippen LogP contribution in [0.3, 0.4) is 0 Å². The predicted molar refractivity (Wildman–Crippen MR) is 139 cm³/mol. The molecule has 0 fully saturated rings. The Hall–Kier alpha value is -3.47. The minimum Gasteiger partial charge on any atom is -0.495 e. The van der Waals surface area contributed by atoms with Crippen LogP contribution < -0.4 is 20.1 Å². The number of esters is 1. The SMILES string of the molecule is COc1ccc(NC(=O)COC(=O)c2cccnc2SCC(=O)Nc2ccc(OC)c(Cl)c2)cc1Cl. The van der Waals surface area contributed by atoms with E-state index in [0.717, 1.165) is 11.8 Å². The van der Waals surface area contributed by atoms with Gasteiger partial charge in [-0.05, 0) is 48.5 Å². The second-order valence-corrected chi connectivity index (χ2v) is 8.79. The molecule has 12 heteroatoms. The first kappa shape index (κ1) is 27.1. The first-order valence-corrected chi connectivity index (χ1v) is 12.1. The van der Waals surface area contributed by atoms with Crippen LogP contribution in [0.4, 0.5) is 11.4 Å². The number of aromatic nitrogens is 1. The highest BCUT2D eigenvalue weighted by Gasteiger charge is 2.17. The first-order chi connectivity index (χ1) is 17.3. The van der Waals surface area contributed by atoms with Crippen molar-refractivity contribution in [2.24, 2.45) is 0 Å². The minimum absolute atomic E-state index is 0.0281. The third-order valence-electron chi connectivity index (χ3n) is 4.54. The summed E-state index contributed by atoms with van der Waals surface area (Å²) >= 11 is 13.2. The zero-order valence-electron chi connectivity index (χ0n) is 19.2. The van der Waals surface area contributed by atoms with Crippen molar-refractivity contribution in [1.82, 2.24) is 4.98 Å². The monoisotopic (exact) mass is 549 g/mol. The summed E-state index contributed by atoms with van der Waals surface area (Å²) in [6.07, 6.45) is 1.49. The van der Waals surface area contributed by atoms with E-state index in [0.29, 0.717) is 32.9 Å². The largest absolute Gasteiger partial charge is 0.495 e. The maximum Gasteiger partial charge on any atom is 0.341 e. The molecule has 0 bridgehead atoms. The molecule has 0 radical (unpaired) electrons. The number of pyridine rings is 1. The summed E-state index contributed by atoms with van der Waals surface area (Å²) in [4.78, 5) is 41.3. The van der Waals surface area contributed by atoms with E-state index < -0.39 is 18.5 Å². The van der Waals surface area contributed by atoms with E-state index in [4.69, 9.17) is 37.4 Å². The first-order valence-electron chi connectivity index (χ1n) is 10.3. The normalized spacial score (nSPS) is 10.3. The fraction of sp³-hybridized carbons (Fsp3) is 0.167. The number of amides is 2. The lowest BCUT2D eigenvalue weighted by Crippen LogP contribution is -2.21. The lowest BCUT2D eigenvalue weighted by Gasteiger charge is -2.10. The molecular weight excluding hydrogens is 529 g/mol. The molecule has 2 N–H and O–H groups in total. The molecule has 0 saturated heterocycles. The van der Waals surface area contributed by atoms with Crippen molar-refractivity contribution in [3.05, 3.63) is 70.3 Å². The molecule has 0 aliphatic carbocycles. The van der Waals surface area contributed by atoms with Crippen LogP contribution in [0.2, 0.25) is 10.0 Å². The topological polar surface area (TPSA) is 116 Å². The van der Waals surface area contributed by atoms with Gasteiger partial charge in [-0.25, -0.2) is 9.78 Å². The summed E-state index contributed by atoms with van der Waals surface area (Å²) in [5, 5.41) is 6.26.